The molecule has 1 aromatic carbocycles. The van der Waals surface area contributed by atoms with Crippen molar-refractivity contribution in [1.29, 1.82) is 0 Å². The van der Waals surface area contributed by atoms with Crippen molar-refractivity contribution in [1.82, 2.24) is 0 Å². The van der Waals surface area contributed by atoms with Gasteiger partial charge in [-0.2, -0.15) is 0 Å². The van der Waals surface area contributed by atoms with E-state index in [4.69, 9.17) is 4.74 Å². The van der Waals surface area contributed by atoms with E-state index in [-0.39, 0.29) is 11.9 Å². The number of fused-ring (bicyclic) bond motifs is 9. The predicted molar refractivity (Wildman–Crippen MR) is 97.8 cm³/mol. The minimum atomic E-state index is -0.409. The first kappa shape index (κ1) is 15.7. The zero-order valence-electron chi connectivity index (χ0n) is 15.4. The lowest BCUT2D eigenvalue weighted by atomic mass is 9.63. The highest BCUT2D eigenvalue weighted by Gasteiger charge is 2.66. The minimum Gasteiger partial charge on any atom is -0.460 e. The third kappa shape index (κ3) is 2.26. The Balaban J connectivity index is 1.53. The molecule has 0 spiro atoms. The number of allylic oxidation sites excluding steroid dienone is 2. The van der Waals surface area contributed by atoms with E-state index >= 15 is 0 Å². The van der Waals surface area contributed by atoms with E-state index in [1.165, 1.54) is 18.4 Å². The average Bonchev–Trinajstić information content (AvgIpc) is 3.31. The van der Waals surface area contributed by atoms with Gasteiger partial charge < -0.3 is 4.74 Å². The summed E-state index contributed by atoms with van der Waals surface area (Å²) in [6.07, 6.45) is 7.45. The summed E-state index contributed by atoms with van der Waals surface area (Å²) in [5, 5.41) is 0. The molecule has 3 saturated carbocycles. The molecule has 0 N–H and O–H groups in total. The number of esters is 1. The fourth-order valence-corrected chi connectivity index (χ4v) is 6.86. The highest BCUT2D eigenvalue weighted by atomic mass is 16.6. The van der Waals surface area contributed by atoms with Gasteiger partial charge in [0, 0.05) is 5.92 Å². The molecule has 2 nitrogen and oxygen atoms in total. The topological polar surface area (TPSA) is 26.3 Å². The lowest BCUT2D eigenvalue weighted by Gasteiger charge is -2.41. The van der Waals surface area contributed by atoms with Crippen molar-refractivity contribution in [2.24, 2.45) is 41.4 Å². The van der Waals surface area contributed by atoms with E-state index in [2.05, 4.69) is 42.5 Å². The molecule has 8 atom stereocenters. The van der Waals surface area contributed by atoms with Crippen LogP contribution in [0.15, 0.2) is 42.5 Å². The number of hydrogen-bond donors (Lipinski definition) is 0. The maximum atomic E-state index is 13.2. The van der Waals surface area contributed by atoms with E-state index in [9.17, 15) is 4.79 Å². The normalized spacial score (nSPS) is 43.5. The number of carbonyl (C=O) groups is 1. The van der Waals surface area contributed by atoms with Gasteiger partial charge in [-0.25, -0.2) is 0 Å². The molecule has 1 aromatic rings. The molecule has 25 heavy (non-hydrogen) atoms. The molecule has 3 fully saturated rings. The molecule has 0 aliphatic heterocycles. The molecule has 4 bridgehead atoms. The second kappa shape index (κ2) is 5.22. The summed E-state index contributed by atoms with van der Waals surface area (Å²) in [6, 6.07) is 10.8. The van der Waals surface area contributed by atoms with Gasteiger partial charge in [0.1, 0.15) is 5.60 Å². The third-order valence-electron chi connectivity index (χ3n) is 7.29. The molecular weight excluding hydrogens is 308 g/mol. The van der Waals surface area contributed by atoms with E-state index in [1.807, 2.05) is 20.8 Å². The Labute approximate surface area is 150 Å². The highest BCUT2D eigenvalue weighted by Crippen LogP contribution is 2.70. The molecule has 8 unspecified atom stereocenters. The fraction of sp³-hybridized carbons (Fsp3) is 0.609. The van der Waals surface area contributed by atoms with Crippen molar-refractivity contribution in [3.05, 3.63) is 48.0 Å². The molecular formula is C23H28O2. The van der Waals surface area contributed by atoms with Crippen LogP contribution in [0.5, 0.6) is 0 Å². The zero-order chi connectivity index (χ0) is 17.3. The molecule has 0 radical (unpaired) electrons. The van der Waals surface area contributed by atoms with Gasteiger partial charge in [-0.05, 0) is 74.7 Å². The summed E-state index contributed by atoms with van der Waals surface area (Å²) in [5.74, 6) is 4.57. The molecule has 132 valence electrons. The zero-order valence-corrected chi connectivity index (χ0v) is 15.4. The Morgan fingerprint density at radius 2 is 1.60 bits per heavy atom. The number of rotatable bonds is 2. The second-order valence-electron chi connectivity index (χ2n) is 9.66. The van der Waals surface area contributed by atoms with E-state index < -0.39 is 5.60 Å². The first-order valence-corrected chi connectivity index (χ1v) is 9.90. The van der Waals surface area contributed by atoms with Crippen molar-refractivity contribution < 1.29 is 9.53 Å². The Hall–Kier alpha value is -1.57. The second-order valence-corrected chi connectivity index (χ2v) is 9.66. The predicted octanol–water partition coefficient (Wildman–Crippen LogP) is 4.82. The molecule has 0 aromatic heterocycles. The Morgan fingerprint density at radius 3 is 2.24 bits per heavy atom. The van der Waals surface area contributed by atoms with Crippen LogP contribution in [0.25, 0.3) is 0 Å². The van der Waals surface area contributed by atoms with Gasteiger partial charge in [-0.15, -0.1) is 0 Å². The first-order valence-electron chi connectivity index (χ1n) is 9.90. The van der Waals surface area contributed by atoms with Crippen LogP contribution in [0, 0.1) is 41.4 Å². The fourth-order valence-electron chi connectivity index (χ4n) is 6.86. The lowest BCUT2D eigenvalue weighted by molar-refractivity contribution is -0.164. The van der Waals surface area contributed by atoms with Gasteiger partial charge in [0.15, 0.2) is 0 Å². The Morgan fingerprint density at radius 1 is 0.960 bits per heavy atom. The molecule has 5 rings (SSSR count). The molecule has 0 heterocycles. The van der Waals surface area contributed by atoms with E-state index in [0.717, 1.165) is 17.8 Å². The van der Waals surface area contributed by atoms with Crippen LogP contribution in [0.4, 0.5) is 0 Å². The first-order chi connectivity index (χ1) is 11.9. The molecule has 2 heteroatoms. The number of hydrogen-bond acceptors (Lipinski definition) is 2. The Kier molecular flexibility index (Phi) is 3.27. The Bertz CT molecular complexity index is 713. The molecule has 0 amide bonds. The summed E-state index contributed by atoms with van der Waals surface area (Å²) in [7, 11) is 0. The molecule has 4 aliphatic carbocycles. The summed E-state index contributed by atoms with van der Waals surface area (Å²) in [5.41, 5.74) is 0.935. The highest BCUT2D eigenvalue weighted by molar-refractivity contribution is 5.76. The number of carbonyl (C=O) groups excluding carboxylic acids is 1. The van der Waals surface area contributed by atoms with Crippen LogP contribution in [-0.2, 0) is 9.53 Å². The maximum absolute atomic E-state index is 13.2. The summed E-state index contributed by atoms with van der Waals surface area (Å²) in [4.78, 5) is 13.2. The van der Waals surface area contributed by atoms with Gasteiger partial charge in [0.2, 0.25) is 0 Å². The van der Waals surface area contributed by atoms with E-state index in [0.29, 0.717) is 23.7 Å². The largest absolute Gasteiger partial charge is 0.460 e. The lowest BCUT2D eigenvalue weighted by Crippen LogP contribution is -2.41. The van der Waals surface area contributed by atoms with Crippen LogP contribution in [0.1, 0.15) is 45.1 Å². The van der Waals surface area contributed by atoms with Crippen molar-refractivity contribution >= 4 is 5.97 Å². The number of ether oxygens (including phenoxy) is 1. The maximum Gasteiger partial charge on any atom is 0.310 e. The van der Waals surface area contributed by atoms with E-state index in [1.54, 1.807) is 0 Å². The summed E-state index contributed by atoms with van der Waals surface area (Å²) < 4.78 is 5.90. The van der Waals surface area contributed by atoms with Gasteiger partial charge in [-0.1, -0.05) is 42.5 Å². The van der Waals surface area contributed by atoms with Crippen LogP contribution < -0.4 is 0 Å². The minimum absolute atomic E-state index is 0.0408. The van der Waals surface area contributed by atoms with Gasteiger partial charge in [0.25, 0.3) is 0 Å². The third-order valence-corrected chi connectivity index (χ3v) is 7.29. The molecule has 0 saturated heterocycles. The van der Waals surface area contributed by atoms with Crippen molar-refractivity contribution in [3.63, 3.8) is 0 Å². The number of benzene rings is 1. The van der Waals surface area contributed by atoms with Crippen LogP contribution in [0.2, 0.25) is 0 Å². The quantitative estimate of drug-likeness (QED) is 0.440. The van der Waals surface area contributed by atoms with Crippen molar-refractivity contribution in [2.45, 2.75) is 45.1 Å². The smallest absolute Gasteiger partial charge is 0.310 e. The van der Waals surface area contributed by atoms with Crippen molar-refractivity contribution in [2.75, 3.05) is 0 Å². The monoisotopic (exact) mass is 336 g/mol. The van der Waals surface area contributed by atoms with Gasteiger partial charge in [0.05, 0.1) is 5.92 Å². The summed E-state index contributed by atoms with van der Waals surface area (Å²) >= 11 is 0. The average molecular weight is 336 g/mol. The van der Waals surface area contributed by atoms with Gasteiger partial charge in [-0.3, -0.25) is 4.79 Å². The standard InChI is InChI=1S/C23H28O2/c1-23(2,3)25-22(24)21-17-12-16(18(21)13-7-5-4-6-8-13)19-14-9-10-15(11-14)20(17)19/h4-10,14-21H,11-12H2,1-3H3. The van der Waals surface area contributed by atoms with Crippen LogP contribution in [-0.4, -0.2) is 11.6 Å². The summed E-state index contributed by atoms with van der Waals surface area (Å²) in [6.45, 7) is 5.95. The van der Waals surface area contributed by atoms with Gasteiger partial charge >= 0.3 is 5.97 Å². The van der Waals surface area contributed by atoms with Crippen molar-refractivity contribution in [3.8, 4) is 0 Å². The molecule has 4 aliphatic rings. The van der Waals surface area contributed by atoms with Crippen LogP contribution in [0.3, 0.4) is 0 Å². The van der Waals surface area contributed by atoms with Crippen LogP contribution >= 0.6 is 0 Å². The SMILES string of the molecule is CC(C)(C)OC(=O)C1C2CC(C1c1ccccc1)C1C3C=CC(C3)C21.